The van der Waals surface area contributed by atoms with E-state index in [9.17, 15) is 9.59 Å². The lowest BCUT2D eigenvalue weighted by Gasteiger charge is -2.15. The number of hydrogen-bond acceptors (Lipinski definition) is 5. The van der Waals surface area contributed by atoms with Crippen molar-refractivity contribution in [3.63, 3.8) is 0 Å². The molecular formula is C11H16N4O3. The molecule has 1 atom stereocenters. The van der Waals surface area contributed by atoms with Crippen molar-refractivity contribution in [3.05, 3.63) is 11.9 Å². The molecule has 0 spiro atoms. The molecule has 2 heterocycles. The van der Waals surface area contributed by atoms with Crippen molar-refractivity contribution in [2.24, 2.45) is 11.7 Å². The summed E-state index contributed by atoms with van der Waals surface area (Å²) in [5, 5.41) is 6.38. The van der Waals surface area contributed by atoms with Crippen LogP contribution in [0.25, 0.3) is 0 Å². The fraction of sp³-hybridized carbons (Fsp3) is 0.545. The van der Waals surface area contributed by atoms with E-state index in [1.165, 1.54) is 11.1 Å². The molecule has 0 radical (unpaired) electrons. The predicted molar refractivity (Wildman–Crippen MR) is 64.1 cm³/mol. The molecule has 0 bridgehead atoms. The van der Waals surface area contributed by atoms with Crippen LogP contribution in [0.4, 0.5) is 5.69 Å². The summed E-state index contributed by atoms with van der Waals surface area (Å²) in [6.07, 6.45) is 1.87. The lowest BCUT2D eigenvalue weighted by molar-refractivity contribution is -0.117. The first kappa shape index (κ1) is 12.6. The zero-order valence-electron chi connectivity index (χ0n) is 10.2. The minimum Gasteiger partial charge on any atom is -0.461 e. The van der Waals surface area contributed by atoms with Crippen LogP contribution in [0.1, 0.15) is 23.8 Å². The summed E-state index contributed by atoms with van der Waals surface area (Å²) in [7, 11) is 0. The first-order valence-corrected chi connectivity index (χ1v) is 5.88. The summed E-state index contributed by atoms with van der Waals surface area (Å²) in [6.45, 7) is 2.96. The number of nitrogens with one attached hydrogen (secondary N) is 1. The Morgan fingerprint density at radius 3 is 3.11 bits per heavy atom. The summed E-state index contributed by atoms with van der Waals surface area (Å²) in [5.41, 5.74) is 6.24. The highest BCUT2D eigenvalue weighted by atomic mass is 16.5. The number of carbonyl (C=O) groups excluding carboxylic acids is 2. The first-order valence-electron chi connectivity index (χ1n) is 5.88. The fourth-order valence-corrected chi connectivity index (χ4v) is 2.01. The number of amides is 1. The van der Waals surface area contributed by atoms with Crippen LogP contribution >= 0.6 is 0 Å². The summed E-state index contributed by atoms with van der Waals surface area (Å²) in [6, 6.07) is 0. The van der Waals surface area contributed by atoms with Gasteiger partial charge in [0.05, 0.1) is 18.5 Å². The van der Waals surface area contributed by atoms with Gasteiger partial charge < -0.3 is 15.4 Å². The van der Waals surface area contributed by atoms with Crippen molar-refractivity contribution in [3.8, 4) is 0 Å². The molecular weight excluding hydrogens is 236 g/mol. The Hall–Kier alpha value is -1.89. The molecule has 1 aliphatic rings. The topological polar surface area (TPSA) is 101 Å². The minimum absolute atomic E-state index is 0.0441. The van der Waals surface area contributed by atoms with E-state index in [4.69, 9.17) is 10.5 Å². The smallest absolute Gasteiger partial charge is 0.358 e. The first-order chi connectivity index (χ1) is 8.67. The molecule has 1 amide bonds. The average Bonchev–Trinajstić information content (AvgIpc) is 2.94. The highest BCUT2D eigenvalue weighted by Gasteiger charge is 2.33. The van der Waals surface area contributed by atoms with Crippen LogP contribution in [0, 0.1) is 5.92 Å². The molecule has 0 saturated carbocycles. The molecule has 0 aliphatic carbocycles. The standard InChI is InChI=1S/C11H16N4O3/c1-2-18-11(17)10-8(5-13-14-10)15-6-7(4-12)3-9(15)16/h5,7H,2-4,6,12H2,1H3,(H,13,14). The number of esters is 1. The van der Waals surface area contributed by atoms with Crippen molar-refractivity contribution in [2.75, 3.05) is 24.6 Å². The molecule has 1 unspecified atom stereocenters. The molecule has 0 aromatic carbocycles. The molecule has 18 heavy (non-hydrogen) atoms. The molecule has 1 aliphatic heterocycles. The third-order valence-electron chi connectivity index (χ3n) is 2.93. The molecule has 2 rings (SSSR count). The van der Waals surface area contributed by atoms with Crippen molar-refractivity contribution >= 4 is 17.6 Å². The number of nitrogens with zero attached hydrogens (tertiary/aromatic N) is 2. The van der Waals surface area contributed by atoms with Crippen LogP contribution in [0.3, 0.4) is 0 Å². The summed E-state index contributed by atoms with van der Waals surface area (Å²) >= 11 is 0. The Bertz CT molecular complexity index is 457. The highest BCUT2D eigenvalue weighted by molar-refractivity contribution is 6.02. The van der Waals surface area contributed by atoms with Crippen LogP contribution in [-0.2, 0) is 9.53 Å². The number of ether oxygens (including phenoxy) is 1. The third kappa shape index (κ3) is 2.21. The average molecular weight is 252 g/mol. The molecule has 1 saturated heterocycles. The largest absolute Gasteiger partial charge is 0.461 e. The quantitative estimate of drug-likeness (QED) is 0.728. The Labute approximate surface area is 104 Å². The van der Waals surface area contributed by atoms with E-state index in [0.29, 0.717) is 25.2 Å². The maximum atomic E-state index is 11.9. The monoisotopic (exact) mass is 252 g/mol. The maximum Gasteiger partial charge on any atom is 0.358 e. The van der Waals surface area contributed by atoms with Crippen molar-refractivity contribution in [2.45, 2.75) is 13.3 Å². The van der Waals surface area contributed by atoms with E-state index >= 15 is 0 Å². The van der Waals surface area contributed by atoms with E-state index in [-0.39, 0.29) is 24.1 Å². The number of aromatic nitrogens is 2. The molecule has 7 nitrogen and oxygen atoms in total. The normalized spacial score (nSPS) is 19.3. The Morgan fingerprint density at radius 2 is 2.50 bits per heavy atom. The molecule has 1 fully saturated rings. The third-order valence-corrected chi connectivity index (χ3v) is 2.93. The van der Waals surface area contributed by atoms with Crippen LogP contribution in [0.5, 0.6) is 0 Å². The molecule has 1 aromatic heterocycles. The van der Waals surface area contributed by atoms with Gasteiger partial charge in [-0.3, -0.25) is 9.89 Å². The summed E-state index contributed by atoms with van der Waals surface area (Å²) in [4.78, 5) is 25.1. The van der Waals surface area contributed by atoms with E-state index in [1.807, 2.05) is 0 Å². The number of carbonyl (C=O) groups is 2. The van der Waals surface area contributed by atoms with Gasteiger partial charge in [-0.05, 0) is 19.4 Å². The molecule has 1 aromatic rings. The van der Waals surface area contributed by atoms with Gasteiger partial charge >= 0.3 is 5.97 Å². The number of H-pyrrole nitrogens is 1. The lowest BCUT2D eigenvalue weighted by atomic mass is 10.1. The van der Waals surface area contributed by atoms with Crippen molar-refractivity contribution in [1.82, 2.24) is 10.2 Å². The molecule has 7 heteroatoms. The van der Waals surface area contributed by atoms with Gasteiger partial charge in [0.15, 0.2) is 5.69 Å². The number of rotatable bonds is 4. The Kier molecular flexibility index (Phi) is 3.61. The second kappa shape index (κ2) is 5.18. The highest BCUT2D eigenvalue weighted by Crippen LogP contribution is 2.26. The fourth-order valence-electron chi connectivity index (χ4n) is 2.01. The zero-order valence-corrected chi connectivity index (χ0v) is 10.2. The van der Waals surface area contributed by atoms with Gasteiger partial charge in [-0.1, -0.05) is 0 Å². The Balaban J connectivity index is 2.21. The van der Waals surface area contributed by atoms with Gasteiger partial charge in [-0.2, -0.15) is 5.10 Å². The van der Waals surface area contributed by atoms with Crippen LogP contribution in [0.2, 0.25) is 0 Å². The number of nitrogens with two attached hydrogens (primary N) is 1. The van der Waals surface area contributed by atoms with Crippen molar-refractivity contribution < 1.29 is 14.3 Å². The summed E-state index contributed by atoms with van der Waals surface area (Å²) < 4.78 is 4.90. The van der Waals surface area contributed by atoms with Gasteiger partial charge in [0.25, 0.3) is 0 Å². The zero-order chi connectivity index (χ0) is 13.1. The second-order valence-electron chi connectivity index (χ2n) is 4.16. The van der Waals surface area contributed by atoms with Gasteiger partial charge in [0.1, 0.15) is 0 Å². The van der Waals surface area contributed by atoms with Gasteiger partial charge in [-0.15, -0.1) is 0 Å². The van der Waals surface area contributed by atoms with Crippen LogP contribution < -0.4 is 10.6 Å². The van der Waals surface area contributed by atoms with Crippen molar-refractivity contribution in [1.29, 1.82) is 0 Å². The van der Waals surface area contributed by atoms with E-state index < -0.39 is 5.97 Å². The molecule has 98 valence electrons. The minimum atomic E-state index is -0.506. The SMILES string of the molecule is CCOC(=O)c1[nH]ncc1N1CC(CN)CC1=O. The number of anilines is 1. The van der Waals surface area contributed by atoms with Gasteiger partial charge in [-0.25, -0.2) is 4.79 Å². The van der Waals surface area contributed by atoms with E-state index in [1.54, 1.807) is 6.92 Å². The van der Waals surface area contributed by atoms with Crippen LogP contribution in [-0.4, -0.2) is 41.8 Å². The predicted octanol–water partition coefficient (Wildman–Crippen LogP) is -0.102. The lowest BCUT2D eigenvalue weighted by Crippen LogP contribution is -2.27. The van der Waals surface area contributed by atoms with Gasteiger partial charge in [0.2, 0.25) is 5.91 Å². The Morgan fingerprint density at radius 1 is 1.72 bits per heavy atom. The number of hydrogen-bond donors (Lipinski definition) is 2. The van der Waals surface area contributed by atoms with E-state index in [0.717, 1.165) is 0 Å². The second-order valence-corrected chi connectivity index (χ2v) is 4.16. The van der Waals surface area contributed by atoms with Gasteiger partial charge in [0, 0.05) is 13.0 Å². The van der Waals surface area contributed by atoms with E-state index in [2.05, 4.69) is 10.2 Å². The maximum absolute atomic E-state index is 11.9. The molecule has 3 N–H and O–H groups in total. The summed E-state index contributed by atoms with van der Waals surface area (Å²) in [5.74, 6) is -0.422. The van der Waals surface area contributed by atoms with Crippen LogP contribution in [0.15, 0.2) is 6.20 Å². The number of aromatic amines is 1.